The third-order valence-electron chi connectivity index (χ3n) is 3.30. The van der Waals surface area contributed by atoms with E-state index in [1.165, 1.54) is 18.3 Å². The lowest BCUT2D eigenvalue weighted by atomic mass is 10.1. The van der Waals surface area contributed by atoms with Crippen LogP contribution >= 0.6 is 0 Å². The van der Waals surface area contributed by atoms with E-state index in [1.807, 2.05) is 0 Å². The molecule has 2 aromatic rings. The summed E-state index contributed by atoms with van der Waals surface area (Å²) in [6.07, 6.45) is 2.99. The molecule has 0 aliphatic carbocycles. The Balaban J connectivity index is 2.24. The second kappa shape index (κ2) is 7.50. The number of aliphatic carboxylic acids is 1. The molecule has 0 aliphatic rings. The second-order valence-corrected chi connectivity index (χ2v) is 4.95. The van der Waals surface area contributed by atoms with Gasteiger partial charge in [-0.2, -0.15) is 5.10 Å². The number of benzene rings is 1. The molecule has 0 radical (unpaired) electrons. The molecule has 0 unspecified atom stereocenters. The molecule has 23 heavy (non-hydrogen) atoms. The maximum absolute atomic E-state index is 12.6. The Morgan fingerprint density at radius 3 is 2.74 bits per heavy atom. The van der Waals surface area contributed by atoms with Crippen molar-refractivity contribution in [2.24, 2.45) is 0 Å². The number of ether oxygens (including phenoxy) is 1. The van der Waals surface area contributed by atoms with Crippen molar-refractivity contribution in [2.45, 2.75) is 6.92 Å². The molecule has 0 atom stereocenters. The van der Waals surface area contributed by atoms with E-state index >= 15 is 0 Å². The van der Waals surface area contributed by atoms with Crippen LogP contribution in [0.1, 0.15) is 15.9 Å². The molecule has 2 rings (SSSR count). The molecule has 8 nitrogen and oxygen atoms in total. The van der Waals surface area contributed by atoms with Crippen LogP contribution in [-0.2, 0) is 9.53 Å². The van der Waals surface area contributed by atoms with Gasteiger partial charge in [0, 0.05) is 19.2 Å². The van der Waals surface area contributed by atoms with Crippen molar-refractivity contribution in [2.75, 3.05) is 26.8 Å². The van der Waals surface area contributed by atoms with Gasteiger partial charge in [0.1, 0.15) is 19.2 Å². The van der Waals surface area contributed by atoms with Gasteiger partial charge < -0.3 is 14.7 Å². The Labute approximate surface area is 133 Å². The summed E-state index contributed by atoms with van der Waals surface area (Å²) in [4.78, 5) is 28.7. The highest BCUT2D eigenvalue weighted by Gasteiger charge is 2.20. The number of aryl methyl sites for hydroxylation is 1. The fourth-order valence-electron chi connectivity index (χ4n) is 2.16. The first kappa shape index (κ1) is 16.6. The van der Waals surface area contributed by atoms with Gasteiger partial charge in [0.25, 0.3) is 5.91 Å². The van der Waals surface area contributed by atoms with Gasteiger partial charge in [-0.05, 0) is 30.7 Å². The van der Waals surface area contributed by atoms with Crippen molar-refractivity contribution in [3.8, 4) is 5.69 Å². The Hall–Kier alpha value is -2.74. The molecule has 0 aliphatic heterocycles. The zero-order valence-corrected chi connectivity index (χ0v) is 13.0. The Morgan fingerprint density at radius 2 is 2.17 bits per heavy atom. The van der Waals surface area contributed by atoms with Crippen molar-refractivity contribution in [1.29, 1.82) is 0 Å². The van der Waals surface area contributed by atoms with Gasteiger partial charge in [-0.15, -0.1) is 0 Å². The highest BCUT2D eigenvalue weighted by Crippen LogP contribution is 2.16. The van der Waals surface area contributed by atoms with Crippen LogP contribution in [0.15, 0.2) is 30.9 Å². The van der Waals surface area contributed by atoms with Crippen molar-refractivity contribution >= 4 is 11.9 Å². The summed E-state index contributed by atoms with van der Waals surface area (Å²) in [6.45, 7) is 1.91. The SMILES string of the molecule is COCCN(CC(=O)O)C(=O)c1ccc(-n2cncn2)cc1C. The Bertz CT molecular complexity index is 685. The predicted molar refractivity (Wildman–Crippen MR) is 81.5 cm³/mol. The molecule has 1 heterocycles. The number of hydrogen-bond acceptors (Lipinski definition) is 5. The largest absolute Gasteiger partial charge is 0.480 e. The highest BCUT2D eigenvalue weighted by molar-refractivity contribution is 5.97. The van der Waals surface area contributed by atoms with E-state index in [4.69, 9.17) is 9.84 Å². The first-order valence-corrected chi connectivity index (χ1v) is 6.98. The standard InChI is InChI=1S/C15H18N4O4/c1-11-7-12(19-10-16-9-17-19)3-4-13(11)15(22)18(5-6-23-2)8-14(20)21/h3-4,7,9-10H,5-6,8H2,1-2H3,(H,20,21). The number of carboxylic acids is 1. The predicted octanol–water partition coefficient (Wildman–Crippen LogP) is 0.749. The molecule has 0 bridgehead atoms. The van der Waals surface area contributed by atoms with Gasteiger partial charge in [0.2, 0.25) is 0 Å². The normalized spacial score (nSPS) is 10.5. The third kappa shape index (κ3) is 4.13. The summed E-state index contributed by atoms with van der Waals surface area (Å²) in [5.41, 5.74) is 1.96. The molecule has 122 valence electrons. The smallest absolute Gasteiger partial charge is 0.323 e. The van der Waals surface area contributed by atoms with Crippen LogP contribution < -0.4 is 0 Å². The number of amides is 1. The first-order valence-electron chi connectivity index (χ1n) is 6.98. The van der Waals surface area contributed by atoms with Crippen LogP contribution in [0, 0.1) is 6.92 Å². The van der Waals surface area contributed by atoms with Crippen molar-refractivity contribution in [3.05, 3.63) is 42.0 Å². The number of carbonyl (C=O) groups is 2. The van der Waals surface area contributed by atoms with Crippen LogP contribution in [-0.4, -0.2) is 63.5 Å². The molecule has 0 saturated carbocycles. The van der Waals surface area contributed by atoms with Crippen LogP contribution in [0.4, 0.5) is 0 Å². The summed E-state index contributed by atoms with van der Waals surface area (Å²) in [5, 5.41) is 13.0. The maximum Gasteiger partial charge on any atom is 0.323 e. The zero-order chi connectivity index (χ0) is 16.8. The maximum atomic E-state index is 12.6. The number of carbonyl (C=O) groups excluding carboxylic acids is 1. The van der Waals surface area contributed by atoms with E-state index in [0.717, 1.165) is 11.3 Å². The molecule has 1 N–H and O–H groups in total. The van der Waals surface area contributed by atoms with E-state index < -0.39 is 5.97 Å². The topological polar surface area (TPSA) is 97.6 Å². The van der Waals surface area contributed by atoms with Crippen molar-refractivity contribution in [1.82, 2.24) is 19.7 Å². The van der Waals surface area contributed by atoms with E-state index in [2.05, 4.69) is 10.1 Å². The average molecular weight is 318 g/mol. The molecule has 1 aromatic heterocycles. The van der Waals surface area contributed by atoms with Gasteiger partial charge in [-0.3, -0.25) is 9.59 Å². The molecular formula is C15H18N4O4. The summed E-state index contributed by atoms with van der Waals surface area (Å²) >= 11 is 0. The molecule has 0 saturated heterocycles. The average Bonchev–Trinajstić information content (AvgIpc) is 3.04. The van der Waals surface area contributed by atoms with Crippen LogP contribution in [0.25, 0.3) is 5.69 Å². The van der Waals surface area contributed by atoms with Gasteiger partial charge >= 0.3 is 5.97 Å². The van der Waals surface area contributed by atoms with Gasteiger partial charge in [-0.25, -0.2) is 9.67 Å². The summed E-state index contributed by atoms with van der Waals surface area (Å²) in [5.74, 6) is -1.40. The summed E-state index contributed by atoms with van der Waals surface area (Å²) < 4.78 is 6.52. The minimum atomic E-state index is -1.06. The van der Waals surface area contributed by atoms with E-state index in [0.29, 0.717) is 5.56 Å². The fraction of sp³-hybridized carbons (Fsp3) is 0.333. The van der Waals surface area contributed by atoms with E-state index in [1.54, 1.807) is 36.1 Å². The quantitative estimate of drug-likeness (QED) is 0.809. The van der Waals surface area contributed by atoms with Crippen LogP contribution in [0.5, 0.6) is 0 Å². The zero-order valence-electron chi connectivity index (χ0n) is 13.0. The number of carboxylic acid groups (broad SMARTS) is 1. The molecule has 0 fully saturated rings. The first-order chi connectivity index (χ1) is 11.0. The van der Waals surface area contributed by atoms with Gasteiger partial charge in [0.15, 0.2) is 0 Å². The lowest BCUT2D eigenvalue weighted by Crippen LogP contribution is -2.38. The van der Waals surface area contributed by atoms with E-state index in [9.17, 15) is 9.59 Å². The third-order valence-corrected chi connectivity index (χ3v) is 3.30. The number of aromatic nitrogens is 3. The lowest BCUT2D eigenvalue weighted by molar-refractivity contribution is -0.137. The Kier molecular flexibility index (Phi) is 5.42. The molecule has 1 amide bonds. The number of rotatable bonds is 7. The van der Waals surface area contributed by atoms with Crippen LogP contribution in [0.3, 0.4) is 0 Å². The fourth-order valence-corrected chi connectivity index (χ4v) is 2.16. The number of methoxy groups -OCH3 is 1. The number of hydrogen-bond donors (Lipinski definition) is 1. The number of nitrogens with zero attached hydrogens (tertiary/aromatic N) is 4. The summed E-state index contributed by atoms with van der Waals surface area (Å²) in [7, 11) is 1.50. The summed E-state index contributed by atoms with van der Waals surface area (Å²) in [6, 6.07) is 5.21. The monoisotopic (exact) mass is 318 g/mol. The lowest BCUT2D eigenvalue weighted by Gasteiger charge is -2.21. The molecule has 0 spiro atoms. The Morgan fingerprint density at radius 1 is 1.39 bits per heavy atom. The van der Waals surface area contributed by atoms with Crippen molar-refractivity contribution in [3.63, 3.8) is 0 Å². The minimum absolute atomic E-state index is 0.214. The van der Waals surface area contributed by atoms with Gasteiger partial charge in [-0.1, -0.05) is 0 Å². The van der Waals surface area contributed by atoms with Gasteiger partial charge in [0.05, 0.1) is 12.3 Å². The minimum Gasteiger partial charge on any atom is -0.480 e. The van der Waals surface area contributed by atoms with Crippen molar-refractivity contribution < 1.29 is 19.4 Å². The second-order valence-electron chi connectivity index (χ2n) is 4.95. The van der Waals surface area contributed by atoms with Crippen LogP contribution in [0.2, 0.25) is 0 Å². The van der Waals surface area contributed by atoms with E-state index in [-0.39, 0.29) is 25.6 Å². The highest BCUT2D eigenvalue weighted by atomic mass is 16.5. The molecule has 1 aromatic carbocycles. The molecule has 8 heteroatoms. The molecular weight excluding hydrogens is 300 g/mol.